The molecule has 5 N–H and O–H groups in total. The fourth-order valence-electron chi connectivity index (χ4n) is 5.38. The zero-order valence-electron chi connectivity index (χ0n) is 26.1. The Morgan fingerprint density at radius 2 is 1.91 bits per heavy atom. The lowest BCUT2D eigenvalue weighted by Gasteiger charge is -2.16. The lowest BCUT2D eigenvalue weighted by atomic mass is 10.0. The molecule has 4 heterocycles. The van der Waals surface area contributed by atoms with E-state index >= 15 is 0 Å². The standard InChI is InChI=1S/C34H38ClN7O4/c1-20-15-29(39-18-23(20)17-36-13-14-43)33(45)41-27-6-4-5-25(21(27)2)32-31(35)26(11-12-38-32)28-9-7-22(34(42-28)46-3)16-37-19-24-8-10-30(44)40-24/h4-7,9,11-12,15,18,24,36-37,43H,8,10,13-14,16-17,19H2,1-3H3,(H,40,44)(H,41,45)/t24-/m0/s1. The molecule has 0 aliphatic carbocycles. The summed E-state index contributed by atoms with van der Waals surface area (Å²) in [5.41, 5.74) is 7.15. The number of aliphatic hydroxyl groups excluding tert-OH is 1. The van der Waals surface area contributed by atoms with E-state index in [-0.39, 0.29) is 24.5 Å². The van der Waals surface area contributed by atoms with Crippen molar-refractivity contribution in [1.82, 2.24) is 30.9 Å². The van der Waals surface area contributed by atoms with Crippen molar-refractivity contribution >= 4 is 29.1 Å². The van der Waals surface area contributed by atoms with Crippen molar-refractivity contribution in [3.8, 4) is 28.4 Å². The monoisotopic (exact) mass is 643 g/mol. The number of halogens is 1. The van der Waals surface area contributed by atoms with Gasteiger partial charge in [-0.05, 0) is 61.2 Å². The van der Waals surface area contributed by atoms with Crippen molar-refractivity contribution in [2.75, 3.05) is 32.1 Å². The number of aryl methyl sites for hydroxylation is 1. The topological polar surface area (TPSA) is 150 Å². The summed E-state index contributed by atoms with van der Waals surface area (Å²) in [6, 6.07) is 13.1. The Morgan fingerprint density at radius 1 is 1.09 bits per heavy atom. The fraction of sp³-hybridized carbons (Fsp3) is 0.324. The minimum atomic E-state index is -0.329. The Balaban J connectivity index is 1.33. The number of nitrogens with zero attached hydrogens (tertiary/aromatic N) is 3. The van der Waals surface area contributed by atoms with Crippen LogP contribution >= 0.6 is 11.6 Å². The number of ether oxygens (including phenoxy) is 1. The minimum Gasteiger partial charge on any atom is -0.481 e. The maximum absolute atomic E-state index is 13.2. The number of benzene rings is 1. The quantitative estimate of drug-likeness (QED) is 0.135. The highest BCUT2D eigenvalue weighted by molar-refractivity contribution is 6.35. The average molecular weight is 644 g/mol. The van der Waals surface area contributed by atoms with Crippen molar-refractivity contribution in [1.29, 1.82) is 0 Å². The predicted octanol–water partition coefficient (Wildman–Crippen LogP) is 4.19. The highest BCUT2D eigenvalue weighted by Crippen LogP contribution is 2.38. The number of aliphatic hydroxyl groups is 1. The number of anilines is 1. The van der Waals surface area contributed by atoms with Gasteiger partial charge in [-0.2, -0.15) is 0 Å². The van der Waals surface area contributed by atoms with Gasteiger partial charge in [0.2, 0.25) is 11.8 Å². The average Bonchev–Trinajstić information content (AvgIpc) is 3.48. The largest absolute Gasteiger partial charge is 0.481 e. The Kier molecular flexibility index (Phi) is 10.9. The third-order valence-electron chi connectivity index (χ3n) is 7.98. The molecule has 11 nitrogen and oxygen atoms in total. The first-order valence-corrected chi connectivity index (χ1v) is 15.5. The van der Waals surface area contributed by atoms with Crippen LogP contribution in [0.1, 0.15) is 45.6 Å². The normalized spacial score (nSPS) is 14.3. The van der Waals surface area contributed by atoms with Crippen LogP contribution in [0.15, 0.2) is 54.9 Å². The second-order valence-corrected chi connectivity index (χ2v) is 11.5. The van der Waals surface area contributed by atoms with E-state index in [0.717, 1.165) is 34.2 Å². The van der Waals surface area contributed by atoms with E-state index in [1.54, 1.807) is 25.6 Å². The van der Waals surface area contributed by atoms with Crippen LogP contribution in [0.5, 0.6) is 5.88 Å². The van der Waals surface area contributed by atoms with Crippen molar-refractivity contribution in [2.45, 2.75) is 45.8 Å². The summed E-state index contributed by atoms with van der Waals surface area (Å²) in [6.07, 6.45) is 4.76. The molecule has 1 atom stereocenters. The zero-order chi connectivity index (χ0) is 32.6. The van der Waals surface area contributed by atoms with Gasteiger partial charge in [0.05, 0.1) is 30.1 Å². The molecule has 2 amide bonds. The van der Waals surface area contributed by atoms with E-state index < -0.39 is 0 Å². The second-order valence-electron chi connectivity index (χ2n) is 11.1. The molecule has 0 spiro atoms. The number of carbonyl (C=O) groups is 2. The van der Waals surface area contributed by atoms with E-state index in [0.29, 0.717) is 71.8 Å². The van der Waals surface area contributed by atoms with Crippen molar-refractivity contribution < 1.29 is 19.4 Å². The molecule has 1 aliphatic rings. The van der Waals surface area contributed by atoms with E-state index in [4.69, 9.17) is 26.4 Å². The maximum Gasteiger partial charge on any atom is 0.274 e. The summed E-state index contributed by atoms with van der Waals surface area (Å²) in [4.78, 5) is 38.3. The highest BCUT2D eigenvalue weighted by Gasteiger charge is 2.21. The van der Waals surface area contributed by atoms with Crippen LogP contribution in [0.4, 0.5) is 5.69 Å². The number of hydrogen-bond donors (Lipinski definition) is 5. The van der Waals surface area contributed by atoms with Crippen molar-refractivity contribution in [3.63, 3.8) is 0 Å². The van der Waals surface area contributed by atoms with Crippen molar-refractivity contribution in [3.05, 3.63) is 87.8 Å². The van der Waals surface area contributed by atoms with Gasteiger partial charge in [-0.25, -0.2) is 4.98 Å². The lowest BCUT2D eigenvalue weighted by Crippen LogP contribution is -2.35. The van der Waals surface area contributed by atoms with Gasteiger partial charge in [-0.15, -0.1) is 0 Å². The van der Waals surface area contributed by atoms with Gasteiger partial charge in [0.25, 0.3) is 5.91 Å². The zero-order valence-corrected chi connectivity index (χ0v) is 26.9. The Morgan fingerprint density at radius 3 is 2.65 bits per heavy atom. The molecule has 1 aliphatic heterocycles. The smallest absolute Gasteiger partial charge is 0.274 e. The molecule has 1 saturated heterocycles. The van der Waals surface area contributed by atoms with E-state index in [1.165, 1.54) is 0 Å². The molecule has 0 unspecified atom stereocenters. The summed E-state index contributed by atoms with van der Waals surface area (Å²) in [6.45, 7) is 6.13. The van der Waals surface area contributed by atoms with Gasteiger partial charge >= 0.3 is 0 Å². The van der Waals surface area contributed by atoms with Gasteiger partial charge < -0.3 is 31.1 Å². The first-order chi connectivity index (χ1) is 22.3. The summed E-state index contributed by atoms with van der Waals surface area (Å²) in [5, 5.41) is 21.9. The molecule has 0 bridgehead atoms. The van der Waals surface area contributed by atoms with Gasteiger partial charge in [0.15, 0.2) is 0 Å². The third kappa shape index (κ3) is 7.68. The lowest BCUT2D eigenvalue weighted by molar-refractivity contribution is -0.119. The number of carbonyl (C=O) groups excluding carboxylic acids is 2. The summed E-state index contributed by atoms with van der Waals surface area (Å²) < 4.78 is 5.61. The number of methoxy groups -OCH3 is 1. The Hall–Kier alpha value is -4.42. The Bertz CT molecular complexity index is 1730. The van der Waals surface area contributed by atoms with E-state index in [1.807, 2.05) is 50.2 Å². The number of aromatic nitrogens is 3. The first-order valence-electron chi connectivity index (χ1n) is 15.2. The Labute approximate surface area is 273 Å². The number of amides is 2. The number of pyridine rings is 3. The van der Waals surface area contributed by atoms with Gasteiger partial charge in [0.1, 0.15) is 5.69 Å². The molecule has 240 valence electrons. The van der Waals surface area contributed by atoms with Gasteiger partial charge in [-0.1, -0.05) is 29.8 Å². The molecule has 0 radical (unpaired) electrons. The van der Waals surface area contributed by atoms with Crippen LogP contribution in [0.3, 0.4) is 0 Å². The van der Waals surface area contributed by atoms with Crippen LogP contribution in [0.2, 0.25) is 5.02 Å². The molecule has 0 saturated carbocycles. The number of nitrogens with one attached hydrogen (secondary N) is 4. The summed E-state index contributed by atoms with van der Waals surface area (Å²) >= 11 is 6.98. The fourth-order valence-corrected chi connectivity index (χ4v) is 5.69. The highest BCUT2D eigenvalue weighted by atomic mass is 35.5. The predicted molar refractivity (Wildman–Crippen MR) is 178 cm³/mol. The van der Waals surface area contributed by atoms with Crippen LogP contribution in [-0.4, -0.2) is 64.7 Å². The van der Waals surface area contributed by atoms with E-state index in [9.17, 15) is 9.59 Å². The second kappa shape index (κ2) is 15.2. The molecule has 1 aromatic carbocycles. The van der Waals surface area contributed by atoms with Crippen LogP contribution in [0, 0.1) is 13.8 Å². The molecule has 4 aromatic rings. The minimum absolute atomic E-state index is 0.0535. The molecule has 3 aromatic heterocycles. The SMILES string of the molecule is COc1nc(-c2ccnc(-c3cccc(NC(=O)c4cc(C)c(CNCCO)cn4)c3C)c2Cl)ccc1CNC[C@@H]1CCC(=O)N1. The van der Waals surface area contributed by atoms with Crippen LogP contribution in [0.25, 0.3) is 22.5 Å². The first kappa shape index (κ1) is 33.0. The van der Waals surface area contributed by atoms with Crippen molar-refractivity contribution in [2.24, 2.45) is 0 Å². The third-order valence-corrected chi connectivity index (χ3v) is 8.36. The molecule has 46 heavy (non-hydrogen) atoms. The molecule has 1 fully saturated rings. The van der Waals surface area contributed by atoms with E-state index in [2.05, 4.69) is 31.2 Å². The van der Waals surface area contributed by atoms with Crippen LogP contribution < -0.4 is 26.0 Å². The van der Waals surface area contributed by atoms with Crippen LogP contribution in [-0.2, 0) is 17.9 Å². The number of hydrogen-bond acceptors (Lipinski definition) is 9. The summed E-state index contributed by atoms with van der Waals surface area (Å²) in [7, 11) is 1.58. The van der Waals surface area contributed by atoms with Gasteiger partial charge in [0, 0.05) is 73.4 Å². The number of rotatable bonds is 13. The molecular weight excluding hydrogens is 606 g/mol. The molecule has 12 heteroatoms. The van der Waals surface area contributed by atoms with Gasteiger partial charge in [-0.3, -0.25) is 19.6 Å². The molecular formula is C34H38ClN7O4. The molecule has 5 rings (SSSR count). The maximum atomic E-state index is 13.2. The summed E-state index contributed by atoms with van der Waals surface area (Å²) in [5.74, 6) is 0.243.